The zero-order chi connectivity index (χ0) is 15.0. The smallest absolute Gasteiger partial charge is 0.207 e. The minimum Gasteiger partial charge on any atom is -0.207 e. The SMILES string of the molecule is Cc1ccc(CCl)cc1S(=O)(=O)N1CCc2sccc2C1. The molecule has 3 nitrogen and oxygen atoms in total. The molecule has 6 heteroatoms. The van der Waals surface area contributed by atoms with Gasteiger partial charge in [0.1, 0.15) is 0 Å². The predicted molar refractivity (Wildman–Crippen MR) is 86.4 cm³/mol. The topological polar surface area (TPSA) is 37.4 Å². The third kappa shape index (κ3) is 2.75. The summed E-state index contributed by atoms with van der Waals surface area (Å²) < 4.78 is 27.4. The predicted octanol–water partition coefficient (Wildman–Crippen LogP) is 3.54. The first kappa shape index (κ1) is 15.0. The van der Waals surface area contributed by atoms with Crippen molar-refractivity contribution in [1.29, 1.82) is 0 Å². The molecule has 0 unspecified atom stereocenters. The number of rotatable bonds is 3. The average Bonchev–Trinajstić information content (AvgIpc) is 2.95. The Bertz CT molecular complexity index is 768. The van der Waals surface area contributed by atoms with Crippen molar-refractivity contribution < 1.29 is 8.42 Å². The Morgan fingerprint density at radius 2 is 2.14 bits per heavy atom. The van der Waals surface area contributed by atoms with Gasteiger partial charge in [-0.25, -0.2) is 8.42 Å². The van der Waals surface area contributed by atoms with Gasteiger partial charge in [0, 0.05) is 23.8 Å². The molecule has 1 aliphatic rings. The van der Waals surface area contributed by atoms with Gasteiger partial charge in [-0.2, -0.15) is 4.31 Å². The minimum atomic E-state index is -3.47. The molecule has 0 saturated carbocycles. The Morgan fingerprint density at radius 3 is 2.90 bits per heavy atom. The highest BCUT2D eigenvalue weighted by atomic mass is 35.5. The molecule has 112 valence electrons. The van der Waals surface area contributed by atoms with Gasteiger partial charge in [0.2, 0.25) is 10.0 Å². The molecule has 0 aliphatic carbocycles. The highest BCUT2D eigenvalue weighted by Gasteiger charge is 2.30. The number of benzene rings is 1. The van der Waals surface area contributed by atoms with Crippen LogP contribution in [0.3, 0.4) is 0 Å². The fourth-order valence-corrected chi connectivity index (χ4v) is 5.32. The van der Waals surface area contributed by atoms with Crippen molar-refractivity contribution in [3.05, 3.63) is 51.2 Å². The van der Waals surface area contributed by atoms with Crippen LogP contribution in [0.15, 0.2) is 34.5 Å². The molecule has 3 rings (SSSR count). The molecule has 1 aromatic heterocycles. The molecule has 0 N–H and O–H groups in total. The minimum absolute atomic E-state index is 0.317. The summed E-state index contributed by atoms with van der Waals surface area (Å²) in [5.74, 6) is 0.317. The molecule has 0 spiro atoms. The van der Waals surface area contributed by atoms with Gasteiger partial charge in [0.05, 0.1) is 4.90 Å². The van der Waals surface area contributed by atoms with E-state index in [2.05, 4.69) is 0 Å². The Labute approximate surface area is 134 Å². The van der Waals surface area contributed by atoms with Gasteiger partial charge in [-0.15, -0.1) is 22.9 Å². The lowest BCUT2D eigenvalue weighted by molar-refractivity contribution is 0.394. The van der Waals surface area contributed by atoms with Gasteiger partial charge in [-0.1, -0.05) is 12.1 Å². The van der Waals surface area contributed by atoms with Crippen molar-refractivity contribution in [2.45, 2.75) is 30.7 Å². The van der Waals surface area contributed by atoms with Crippen molar-refractivity contribution in [3.8, 4) is 0 Å². The average molecular weight is 342 g/mol. The molecule has 0 amide bonds. The Hall–Kier alpha value is -0.880. The van der Waals surface area contributed by atoms with Crippen molar-refractivity contribution >= 4 is 33.0 Å². The van der Waals surface area contributed by atoms with Crippen LogP contribution in [0, 0.1) is 6.92 Å². The fourth-order valence-electron chi connectivity index (χ4n) is 2.57. The van der Waals surface area contributed by atoms with E-state index < -0.39 is 10.0 Å². The number of aryl methyl sites for hydroxylation is 1. The maximum atomic E-state index is 12.9. The molecular formula is C15H16ClNO2S2. The number of hydrogen-bond donors (Lipinski definition) is 0. The summed E-state index contributed by atoms with van der Waals surface area (Å²) in [6.45, 7) is 2.83. The fraction of sp³-hybridized carbons (Fsp3) is 0.333. The van der Waals surface area contributed by atoms with Crippen LogP contribution in [0.5, 0.6) is 0 Å². The maximum absolute atomic E-state index is 12.9. The highest BCUT2D eigenvalue weighted by molar-refractivity contribution is 7.89. The van der Waals surface area contributed by atoms with Crippen LogP contribution in [0.4, 0.5) is 0 Å². The standard InChI is InChI=1S/C15H16ClNO2S2/c1-11-2-3-12(9-16)8-15(11)21(18,19)17-6-4-14-13(10-17)5-7-20-14/h2-3,5,7-8H,4,6,9-10H2,1H3. The van der Waals surface area contributed by atoms with Crippen molar-refractivity contribution in [2.75, 3.05) is 6.54 Å². The number of fused-ring (bicyclic) bond motifs is 1. The summed E-state index contributed by atoms with van der Waals surface area (Å²) in [7, 11) is -3.47. The molecule has 2 heterocycles. The van der Waals surface area contributed by atoms with Gasteiger partial charge in [-0.3, -0.25) is 0 Å². The lowest BCUT2D eigenvalue weighted by Gasteiger charge is -2.27. The van der Waals surface area contributed by atoms with Gasteiger partial charge in [0.15, 0.2) is 0 Å². The van der Waals surface area contributed by atoms with Crippen LogP contribution < -0.4 is 0 Å². The third-order valence-electron chi connectivity index (χ3n) is 3.80. The summed E-state index contributed by atoms with van der Waals surface area (Å²) in [5.41, 5.74) is 2.72. The summed E-state index contributed by atoms with van der Waals surface area (Å²) in [4.78, 5) is 1.67. The van der Waals surface area contributed by atoms with Crippen LogP contribution in [0.25, 0.3) is 0 Å². The Kier molecular flexibility index (Phi) is 4.10. The summed E-state index contributed by atoms with van der Waals surface area (Å²) in [6, 6.07) is 7.41. The number of nitrogens with zero attached hydrogens (tertiary/aromatic N) is 1. The number of thiophene rings is 1. The quantitative estimate of drug-likeness (QED) is 0.801. The second-order valence-corrected chi connectivity index (χ2v) is 8.37. The second kappa shape index (κ2) is 5.72. The van der Waals surface area contributed by atoms with E-state index in [1.165, 1.54) is 4.88 Å². The Morgan fingerprint density at radius 1 is 1.33 bits per heavy atom. The molecule has 0 atom stereocenters. The molecule has 2 aromatic rings. The molecule has 0 bridgehead atoms. The first-order chi connectivity index (χ1) is 10.0. The highest BCUT2D eigenvalue weighted by Crippen LogP contribution is 2.29. The van der Waals surface area contributed by atoms with Crippen LogP contribution in [0.2, 0.25) is 0 Å². The number of hydrogen-bond acceptors (Lipinski definition) is 3. The third-order valence-corrected chi connectivity index (χ3v) is 7.12. The van der Waals surface area contributed by atoms with Crippen LogP contribution in [-0.2, 0) is 28.9 Å². The van der Waals surface area contributed by atoms with Crippen molar-refractivity contribution in [2.24, 2.45) is 0 Å². The molecule has 0 saturated heterocycles. The van der Waals surface area contributed by atoms with E-state index in [4.69, 9.17) is 11.6 Å². The zero-order valence-corrected chi connectivity index (χ0v) is 14.1. The number of sulfonamides is 1. The molecule has 0 radical (unpaired) electrons. The first-order valence-corrected chi connectivity index (χ1v) is 9.58. The second-order valence-electron chi connectivity index (χ2n) is 5.19. The normalized spacial score (nSPS) is 15.9. The van der Waals surface area contributed by atoms with E-state index >= 15 is 0 Å². The van der Waals surface area contributed by atoms with E-state index in [0.717, 1.165) is 23.1 Å². The lowest BCUT2D eigenvalue weighted by Crippen LogP contribution is -2.35. The van der Waals surface area contributed by atoms with Crippen LogP contribution in [0.1, 0.15) is 21.6 Å². The maximum Gasteiger partial charge on any atom is 0.243 e. The molecule has 1 aromatic carbocycles. The molecule has 0 fully saturated rings. The van der Waals surface area contributed by atoms with E-state index in [1.54, 1.807) is 21.7 Å². The van der Waals surface area contributed by atoms with Crippen LogP contribution in [-0.4, -0.2) is 19.3 Å². The van der Waals surface area contributed by atoms with Gasteiger partial charge >= 0.3 is 0 Å². The Balaban J connectivity index is 1.98. The zero-order valence-electron chi connectivity index (χ0n) is 11.7. The van der Waals surface area contributed by atoms with E-state index in [9.17, 15) is 8.42 Å². The van der Waals surface area contributed by atoms with Crippen molar-refractivity contribution in [1.82, 2.24) is 4.31 Å². The molecule has 21 heavy (non-hydrogen) atoms. The van der Waals surface area contributed by atoms with Crippen LogP contribution >= 0.6 is 22.9 Å². The molecular weight excluding hydrogens is 326 g/mol. The summed E-state index contributed by atoms with van der Waals surface area (Å²) in [6.07, 6.45) is 0.792. The first-order valence-electron chi connectivity index (χ1n) is 6.73. The van der Waals surface area contributed by atoms with E-state index in [1.807, 2.05) is 30.5 Å². The largest absolute Gasteiger partial charge is 0.243 e. The summed E-state index contributed by atoms with van der Waals surface area (Å²) >= 11 is 7.54. The number of halogens is 1. The van der Waals surface area contributed by atoms with Crippen molar-refractivity contribution in [3.63, 3.8) is 0 Å². The lowest BCUT2D eigenvalue weighted by atomic mass is 10.1. The van der Waals surface area contributed by atoms with Gasteiger partial charge in [-0.05, 0) is 47.5 Å². The van der Waals surface area contributed by atoms with E-state index in [0.29, 0.717) is 23.9 Å². The van der Waals surface area contributed by atoms with Gasteiger partial charge < -0.3 is 0 Å². The van der Waals surface area contributed by atoms with Gasteiger partial charge in [0.25, 0.3) is 0 Å². The van der Waals surface area contributed by atoms with E-state index in [-0.39, 0.29) is 0 Å². The summed E-state index contributed by atoms with van der Waals surface area (Å²) in [5, 5.41) is 2.03. The monoisotopic (exact) mass is 341 g/mol. The molecule has 1 aliphatic heterocycles. The number of alkyl halides is 1.